The summed E-state index contributed by atoms with van der Waals surface area (Å²) < 4.78 is 2.00. The number of anilines is 1. The zero-order valence-electron chi connectivity index (χ0n) is 11.6. The van der Waals surface area contributed by atoms with E-state index in [-0.39, 0.29) is 5.91 Å². The van der Waals surface area contributed by atoms with Crippen LogP contribution in [0.1, 0.15) is 24.2 Å². The third kappa shape index (κ3) is 2.20. The molecule has 0 atom stereocenters. The number of hydrogen-bond donors (Lipinski definition) is 2. The lowest BCUT2D eigenvalue weighted by atomic mass is 10.2. The normalized spacial score (nSPS) is 15.9. The lowest BCUT2D eigenvalue weighted by Crippen LogP contribution is -2.29. The molecule has 2 aromatic rings. The van der Waals surface area contributed by atoms with E-state index in [1.54, 1.807) is 6.33 Å². The molecule has 0 radical (unpaired) electrons. The summed E-state index contributed by atoms with van der Waals surface area (Å²) >= 11 is 0. The number of aromatic nitrogens is 2. The molecule has 3 rings (SSSR count). The molecule has 0 saturated heterocycles. The number of aliphatic hydroxyl groups is 1. The molecular weight excluding hydrogens is 254 g/mol. The van der Waals surface area contributed by atoms with Crippen molar-refractivity contribution in [3.8, 4) is 5.69 Å². The largest absolute Gasteiger partial charge is 0.380 e. The van der Waals surface area contributed by atoms with Gasteiger partial charge in [-0.2, -0.15) is 0 Å². The topological polar surface area (TPSA) is 67.2 Å². The van der Waals surface area contributed by atoms with E-state index in [0.717, 1.165) is 17.1 Å². The van der Waals surface area contributed by atoms with Crippen LogP contribution in [-0.4, -0.2) is 26.2 Å². The first-order valence-electron chi connectivity index (χ1n) is 6.64. The van der Waals surface area contributed by atoms with Gasteiger partial charge in [0.15, 0.2) is 0 Å². The average Bonchev–Trinajstić information content (AvgIpc) is 3.11. The van der Waals surface area contributed by atoms with Gasteiger partial charge < -0.3 is 15.0 Å². The summed E-state index contributed by atoms with van der Waals surface area (Å²) in [5.74, 6) is -0.320. The third-order valence-electron chi connectivity index (χ3n) is 3.80. The molecule has 2 N–H and O–H groups in total. The van der Waals surface area contributed by atoms with Crippen LogP contribution in [-0.2, 0) is 4.79 Å². The third-order valence-corrected chi connectivity index (χ3v) is 3.80. The first-order chi connectivity index (χ1) is 9.49. The fraction of sp³-hybridized carbons (Fsp3) is 0.333. The van der Waals surface area contributed by atoms with Crippen molar-refractivity contribution in [1.82, 2.24) is 9.55 Å². The van der Waals surface area contributed by atoms with Gasteiger partial charge in [-0.05, 0) is 51.0 Å². The number of hydrogen-bond acceptors (Lipinski definition) is 3. The molecule has 1 aromatic carbocycles. The molecule has 1 saturated carbocycles. The number of nitrogens with zero attached hydrogens (tertiary/aromatic N) is 2. The highest BCUT2D eigenvalue weighted by molar-refractivity contribution is 5.99. The second kappa shape index (κ2) is 4.45. The molecule has 104 valence electrons. The van der Waals surface area contributed by atoms with Crippen LogP contribution in [0.5, 0.6) is 0 Å². The standard InChI is InChI=1S/C15H17N3O2/c1-10-11(2)18(9-16-10)13-5-3-12(4-6-13)17-14(19)15(20)7-8-15/h3-6,9,20H,7-8H2,1-2H3,(H,17,19). The van der Waals surface area contributed by atoms with Gasteiger partial charge in [-0.25, -0.2) is 4.98 Å². The van der Waals surface area contributed by atoms with E-state index in [2.05, 4.69) is 10.3 Å². The number of nitrogens with one attached hydrogen (secondary N) is 1. The van der Waals surface area contributed by atoms with Crippen molar-refractivity contribution in [3.63, 3.8) is 0 Å². The molecule has 1 fully saturated rings. The van der Waals surface area contributed by atoms with E-state index in [1.807, 2.05) is 42.7 Å². The molecule has 20 heavy (non-hydrogen) atoms. The molecule has 0 bridgehead atoms. The second-order valence-corrected chi connectivity index (χ2v) is 5.32. The van der Waals surface area contributed by atoms with Crippen LogP contribution in [0.25, 0.3) is 5.69 Å². The Balaban J connectivity index is 1.78. The number of amides is 1. The van der Waals surface area contributed by atoms with Crippen LogP contribution in [0.2, 0.25) is 0 Å². The Labute approximate surface area is 117 Å². The van der Waals surface area contributed by atoms with Crippen molar-refractivity contribution in [1.29, 1.82) is 0 Å². The number of benzene rings is 1. The van der Waals surface area contributed by atoms with Gasteiger partial charge in [0.1, 0.15) is 5.60 Å². The molecule has 1 aliphatic carbocycles. The monoisotopic (exact) mass is 271 g/mol. The lowest BCUT2D eigenvalue weighted by molar-refractivity contribution is -0.125. The van der Waals surface area contributed by atoms with Crippen LogP contribution in [0.4, 0.5) is 5.69 Å². The fourth-order valence-corrected chi connectivity index (χ4v) is 2.06. The first-order valence-corrected chi connectivity index (χ1v) is 6.64. The van der Waals surface area contributed by atoms with E-state index in [1.165, 1.54) is 0 Å². The summed E-state index contributed by atoms with van der Waals surface area (Å²) in [5, 5.41) is 12.4. The second-order valence-electron chi connectivity index (χ2n) is 5.32. The zero-order chi connectivity index (χ0) is 14.3. The van der Waals surface area contributed by atoms with Crippen molar-refractivity contribution < 1.29 is 9.90 Å². The van der Waals surface area contributed by atoms with Crippen LogP contribution < -0.4 is 5.32 Å². The maximum atomic E-state index is 11.7. The highest BCUT2D eigenvalue weighted by Crippen LogP contribution is 2.36. The van der Waals surface area contributed by atoms with Gasteiger partial charge in [0, 0.05) is 17.1 Å². The van der Waals surface area contributed by atoms with Crippen molar-refractivity contribution in [2.75, 3.05) is 5.32 Å². The van der Waals surface area contributed by atoms with Crippen LogP contribution >= 0.6 is 0 Å². The average molecular weight is 271 g/mol. The summed E-state index contributed by atoms with van der Waals surface area (Å²) in [7, 11) is 0. The Hall–Kier alpha value is -2.14. The quantitative estimate of drug-likeness (QED) is 0.896. The first kappa shape index (κ1) is 12.9. The summed E-state index contributed by atoms with van der Waals surface area (Å²) in [4.78, 5) is 16.0. The fourth-order valence-electron chi connectivity index (χ4n) is 2.06. The number of imidazole rings is 1. The molecule has 1 aliphatic rings. The Kier molecular flexibility index (Phi) is 2.87. The minimum absolute atomic E-state index is 0.320. The lowest BCUT2D eigenvalue weighted by Gasteiger charge is -2.10. The molecule has 5 heteroatoms. The summed E-state index contributed by atoms with van der Waals surface area (Å²) in [6.07, 6.45) is 2.88. The van der Waals surface area contributed by atoms with Gasteiger partial charge >= 0.3 is 0 Å². The van der Waals surface area contributed by atoms with Gasteiger partial charge in [0.25, 0.3) is 5.91 Å². The van der Waals surface area contributed by atoms with E-state index < -0.39 is 5.60 Å². The SMILES string of the molecule is Cc1ncn(-c2ccc(NC(=O)C3(O)CC3)cc2)c1C. The molecule has 0 unspecified atom stereocenters. The van der Waals surface area contributed by atoms with E-state index in [0.29, 0.717) is 18.5 Å². The van der Waals surface area contributed by atoms with E-state index in [9.17, 15) is 9.90 Å². The van der Waals surface area contributed by atoms with Crippen molar-refractivity contribution in [2.24, 2.45) is 0 Å². The van der Waals surface area contributed by atoms with Crippen molar-refractivity contribution in [3.05, 3.63) is 42.0 Å². The molecule has 0 aliphatic heterocycles. The molecule has 1 amide bonds. The van der Waals surface area contributed by atoms with E-state index >= 15 is 0 Å². The number of carbonyl (C=O) groups is 1. The molecular formula is C15H17N3O2. The summed E-state index contributed by atoms with van der Waals surface area (Å²) in [5.41, 5.74) is 2.63. The molecule has 0 spiro atoms. The van der Waals surface area contributed by atoms with Crippen LogP contribution in [0, 0.1) is 13.8 Å². The Morgan fingerprint density at radius 3 is 2.45 bits per heavy atom. The summed E-state index contributed by atoms with van der Waals surface area (Å²) in [6, 6.07) is 7.49. The van der Waals surface area contributed by atoms with E-state index in [4.69, 9.17) is 0 Å². The minimum atomic E-state index is -1.14. The molecule has 1 aromatic heterocycles. The van der Waals surface area contributed by atoms with Crippen molar-refractivity contribution in [2.45, 2.75) is 32.3 Å². The maximum absolute atomic E-state index is 11.7. The van der Waals surface area contributed by atoms with Crippen LogP contribution in [0.3, 0.4) is 0 Å². The molecule has 1 heterocycles. The highest BCUT2D eigenvalue weighted by atomic mass is 16.3. The molecule has 5 nitrogen and oxygen atoms in total. The number of carbonyl (C=O) groups excluding carboxylic acids is 1. The Bertz CT molecular complexity index is 654. The Morgan fingerprint density at radius 1 is 1.30 bits per heavy atom. The smallest absolute Gasteiger partial charge is 0.256 e. The maximum Gasteiger partial charge on any atom is 0.256 e. The summed E-state index contributed by atoms with van der Waals surface area (Å²) in [6.45, 7) is 3.98. The highest BCUT2D eigenvalue weighted by Gasteiger charge is 2.48. The van der Waals surface area contributed by atoms with Gasteiger partial charge in [-0.15, -0.1) is 0 Å². The number of rotatable bonds is 3. The Morgan fingerprint density at radius 2 is 1.95 bits per heavy atom. The van der Waals surface area contributed by atoms with Gasteiger partial charge in [-0.3, -0.25) is 4.79 Å². The zero-order valence-corrected chi connectivity index (χ0v) is 11.6. The predicted octanol–water partition coefficient (Wildman–Crippen LogP) is 1.95. The minimum Gasteiger partial charge on any atom is -0.380 e. The van der Waals surface area contributed by atoms with Crippen LogP contribution in [0.15, 0.2) is 30.6 Å². The van der Waals surface area contributed by atoms with Gasteiger partial charge in [0.2, 0.25) is 0 Å². The van der Waals surface area contributed by atoms with Gasteiger partial charge in [-0.1, -0.05) is 0 Å². The predicted molar refractivity (Wildman–Crippen MR) is 75.9 cm³/mol. The van der Waals surface area contributed by atoms with Crippen molar-refractivity contribution >= 4 is 11.6 Å². The van der Waals surface area contributed by atoms with Gasteiger partial charge in [0.05, 0.1) is 12.0 Å². The number of aryl methyl sites for hydroxylation is 1.